The molecule has 0 atom stereocenters. The van der Waals surface area contributed by atoms with E-state index in [0.717, 1.165) is 31.5 Å². The first-order valence-electron chi connectivity index (χ1n) is 6.73. The fourth-order valence-electron chi connectivity index (χ4n) is 2.38. The Kier molecular flexibility index (Phi) is 4.66. The number of nitrogens with two attached hydrogens (primary N) is 1. The van der Waals surface area contributed by atoms with Crippen LogP contribution in [0.4, 0.5) is 0 Å². The van der Waals surface area contributed by atoms with Crippen LogP contribution in [-0.4, -0.2) is 28.9 Å². The molecule has 0 aliphatic carbocycles. The zero-order chi connectivity index (χ0) is 14.8. The van der Waals surface area contributed by atoms with Crippen LogP contribution in [0.25, 0.3) is 0 Å². The first-order chi connectivity index (χ1) is 9.40. The summed E-state index contributed by atoms with van der Waals surface area (Å²) in [6.45, 7) is 3.52. The van der Waals surface area contributed by atoms with Gasteiger partial charge in [-0.1, -0.05) is 42.9 Å². The van der Waals surface area contributed by atoms with E-state index in [4.69, 9.17) is 29.6 Å². The lowest BCUT2D eigenvalue weighted by Gasteiger charge is -2.38. The van der Waals surface area contributed by atoms with Crippen LogP contribution in [-0.2, 0) is 11.2 Å². The monoisotopic (exact) mass is 310 g/mol. The summed E-state index contributed by atoms with van der Waals surface area (Å²) < 4.78 is 0. The molecule has 0 radical (unpaired) electrons. The SMILES string of the molecule is CC1(C(N)=S)CCN(C(=O)Cc2ccc(Cl)cc2)CC1. The van der Waals surface area contributed by atoms with E-state index in [2.05, 4.69) is 6.92 Å². The number of hydrogen-bond donors (Lipinski definition) is 1. The minimum absolute atomic E-state index is 0.105. The number of hydrogen-bond acceptors (Lipinski definition) is 2. The topological polar surface area (TPSA) is 46.3 Å². The van der Waals surface area contributed by atoms with Gasteiger partial charge in [-0.05, 0) is 30.5 Å². The van der Waals surface area contributed by atoms with Gasteiger partial charge in [-0.25, -0.2) is 0 Å². The highest BCUT2D eigenvalue weighted by Gasteiger charge is 2.33. The maximum absolute atomic E-state index is 12.3. The Balaban J connectivity index is 1.92. The molecular formula is C15H19ClN2OS. The number of benzene rings is 1. The average molecular weight is 311 g/mol. The maximum Gasteiger partial charge on any atom is 0.226 e. The molecule has 2 N–H and O–H groups in total. The van der Waals surface area contributed by atoms with E-state index in [1.807, 2.05) is 29.2 Å². The second-order valence-electron chi connectivity index (χ2n) is 5.61. The Hall–Kier alpha value is -1.13. The number of amides is 1. The molecule has 1 aliphatic rings. The van der Waals surface area contributed by atoms with Gasteiger partial charge in [0.1, 0.15) is 0 Å². The molecule has 5 heteroatoms. The highest BCUT2D eigenvalue weighted by atomic mass is 35.5. The van der Waals surface area contributed by atoms with Gasteiger partial charge in [0.2, 0.25) is 5.91 Å². The summed E-state index contributed by atoms with van der Waals surface area (Å²) >= 11 is 11.0. The van der Waals surface area contributed by atoms with Gasteiger partial charge in [-0.2, -0.15) is 0 Å². The van der Waals surface area contributed by atoms with Gasteiger partial charge in [0.15, 0.2) is 0 Å². The molecule has 0 bridgehead atoms. The summed E-state index contributed by atoms with van der Waals surface area (Å²) in [5, 5.41) is 0.686. The van der Waals surface area contributed by atoms with Crippen molar-refractivity contribution in [2.45, 2.75) is 26.2 Å². The average Bonchev–Trinajstić information content (AvgIpc) is 2.42. The van der Waals surface area contributed by atoms with Crippen molar-refractivity contribution >= 4 is 34.7 Å². The van der Waals surface area contributed by atoms with Crippen molar-refractivity contribution in [3.05, 3.63) is 34.9 Å². The third kappa shape index (κ3) is 3.49. The van der Waals surface area contributed by atoms with Gasteiger partial charge in [-0.3, -0.25) is 4.79 Å². The molecule has 1 fully saturated rings. The fourth-order valence-corrected chi connectivity index (χ4v) is 2.71. The van der Waals surface area contributed by atoms with Crippen molar-refractivity contribution in [1.82, 2.24) is 4.90 Å². The smallest absolute Gasteiger partial charge is 0.226 e. The molecule has 0 spiro atoms. The van der Waals surface area contributed by atoms with E-state index in [1.54, 1.807) is 0 Å². The van der Waals surface area contributed by atoms with E-state index in [1.165, 1.54) is 0 Å². The summed E-state index contributed by atoms with van der Waals surface area (Å²) in [5.41, 5.74) is 6.66. The minimum Gasteiger partial charge on any atom is -0.393 e. The van der Waals surface area contributed by atoms with Gasteiger partial charge in [0.05, 0.1) is 11.4 Å². The lowest BCUT2D eigenvalue weighted by molar-refractivity contribution is -0.132. The molecule has 1 aliphatic heterocycles. The number of carbonyl (C=O) groups is 1. The molecule has 0 aromatic heterocycles. The van der Waals surface area contributed by atoms with Crippen molar-refractivity contribution in [3.63, 3.8) is 0 Å². The number of carbonyl (C=O) groups excluding carboxylic acids is 1. The quantitative estimate of drug-likeness (QED) is 0.873. The minimum atomic E-state index is -0.105. The highest BCUT2D eigenvalue weighted by molar-refractivity contribution is 7.80. The summed E-state index contributed by atoms with van der Waals surface area (Å²) in [4.78, 5) is 14.7. The zero-order valence-corrected chi connectivity index (χ0v) is 13.1. The van der Waals surface area contributed by atoms with E-state index in [9.17, 15) is 4.79 Å². The number of piperidine rings is 1. The van der Waals surface area contributed by atoms with Crippen molar-refractivity contribution in [1.29, 1.82) is 0 Å². The Morgan fingerprint density at radius 3 is 2.40 bits per heavy atom. The van der Waals surface area contributed by atoms with Crippen molar-refractivity contribution in [2.75, 3.05) is 13.1 Å². The second-order valence-corrected chi connectivity index (χ2v) is 6.49. The van der Waals surface area contributed by atoms with Crippen LogP contribution in [0, 0.1) is 5.41 Å². The summed E-state index contributed by atoms with van der Waals surface area (Å²) in [7, 11) is 0. The molecule has 20 heavy (non-hydrogen) atoms. The number of halogens is 1. The number of likely N-dealkylation sites (tertiary alicyclic amines) is 1. The van der Waals surface area contributed by atoms with Crippen LogP contribution in [0.2, 0.25) is 5.02 Å². The van der Waals surface area contributed by atoms with Gasteiger partial charge in [0.25, 0.3) is 0 Å². The number of nitrogens with zero attached hydrogens (tertiary/aromatic N) is 1. The molecule has 0 unspecified atom stereocenters. The van der Waals surface area contributed by atoms with E-state index in [-0.39, 0.29) is 11.3 Å². The molecule has 1 aromatic rings. The second kappa shape index (κ2) is 6.10. The maximum atomic E-state index is 12.3. The van der Waals surface area contributed by atoms with Crippen LogP contribution in [0.5, 0.6) is 0 Å². The predicted octanol–water partition coefficient (Wildman–Crippen LogP) is 2.80. The van der Waals surface area contributed by atoms with Gasteiger partial charge in [0, 0.05) is 23.5 Å². The Morgan fingerprint density at radius 2 is 1.90 bits per heavy atom. The molecule has 1 heterocycles. The predicted molar refractivity (Wildman–Crippen MR) is 85.9 cm³/mol. The van der Waals surface area contributed by atoms with Crippen LogP contribution < -0.4 is 5.73 Å². The van der Waals surface area contributed by atoms with Gasteiger partial charge >= 0.3 is 0 Å². The normalized spacial score (nSPS) is 17.8. The number of rotatable bonds is 3. The molecular weight excluding hydrogens is 292 g/mol. The standard InChI is InChI=1S/C15H19ClN2OS/c1-15(14(17)20)6-8-18(9-7-15)13(19)10-11-2-4-12(16)5-3-11/h2-5H,6-10H2,1H3,(H2,17,20). The molecule has 1 amide bonds. The Bertz CT molecular complexity index is 507. The fraction of sp³-hybridized carbons (Fsp3) is 0.467. The Labute approximate surface area is 130 Å². The number of thiocarbonyl (C=S) groups is 1. The van der Waals surface area contributed by atoms with Crippen LogP contribution in [0.15, 0.2) is 24.3 Å². The van der Waals surface area contributed by atoms with Gasteiger partial charge in [-0.15, -0.1) is 0 Å². The van der Waals surface area contributed by atoms with Crippen molar-refractivity contribution < 1.29 is 4.79 Å². The van der Waals surface area contributed by atoms with Crippen LogP contribution in [0.3, 0.4) is 0 Å². The van der Waals surface area contributed by atoms with E-state index in [0.29, 0.717) is 16.4 Å². The first kappa shape index (κ1) is 15.3. The molecule has 3 nitrogen and oxygen atoms in total. The highest BCUT2D eigenvalue weighted by Crippen LogP contribution is 2.31. The lowest BCUT2D eigenvalue weighted by Crippen LogP contribution is -2.47. The lowest BCUT2D eigenvalue weighted by atomic mass is 9.80. The van der Waals surface area contributed by atoms with E-state index < -0.39 is 0 Å². The summed E-state index contributed by atoms with van der Waals surface area (Å²) in [6, 6.07) is 7.40. The molecule has 1 aromatic carbocycles. The zero-order valence-electron chi connectivity index (χ0n) is 11.6. The van der Waals surface area contributed by atoms with Crippen molar-refractivity contribution in [2.24, 2.45) is 11.1 Å². The molecule has 2 rings (SSSR count). The largest absolute Gasteiger partial charge is 0.393 e. The molecule has 1 saturated heterocycles. The third-order valence-corrected chi connectivity index (χ3v) is 4.83. The third-order valence-electron chi connectivity index (χ3n) is 4.08. The summed E-state index contributed by atoms with van der Waals surface area (Å²) in [6.07, 6.45) is 2.10. The molecule has 0 saturated carbocycles. The van der Waals surface area contributed by atoms with E-state index >= 15 is 0 Å². The van der Waals surface area contributed by atoms with Crippen LogP contribution in [0.1, 0.15) is 25.3 Å². The van der Waals surface area contributed by atoms with Crippen LogP contribution >= 0.6 is 23.8 Å². The molecule has 108 valence electrons. The van der Waals surface area contributed by atoms with Gasteiger partial charge < -0.3 is 10.6 Å². The first-order valence-corrected chi connectivity index (χ1v) is 7.51. The summed E-state index contributed by atoms with van der Waals surface area (Å²) in [5.74, 6) is 0.150. The van der Waals surface area contributed by atoms with Crippen molar-refractivity contribution in [3.8, 4) is 0 Å². The Morgan fingerprint density at radius 1 is 1.35 bits per heavy atom.